The van der Waals surface area contributed by atoms with Crippen molar-refractivity contribution >= 4 is 21.8 Å². The van der Waals surface area contributed by atoms with Crippen LogP contribution in [0.5, 0.6) is 0 Å². The molecule has 0 atom stereocenters. The van der Waals surface area contributed by atoms with E-state index < -0.39 is 15.6 Å². The van der Waals surface area contributed by atoms with E-state index in [1.165, 1.54) is 0 Å². The molecule has 11 heteroatoms. The predicted molar refractivity (Wildman–Crippen MR) is 169 cm³/mol. The van der Waals surface area contributed by atoms with Crippen molar-refractivity contribution in [2.24, 2.45) is 18.7 Å². The number of benzene rings is 2. The van der Waals surface area contributed by atoms with Gasteiger partial charge in [0.15, 0.2) is 0 Å². The van der Waals surface area contributed by atoms with Gasteiger partial charge in [0.2, 0.25) is 10.0 Å². The smallest absolute Gasteiger partial charge is 0.410 e. The minimum atomic E-state index is -3.78. The third-order valence-corrected chi connectivity index (χ3v) is 9.89. The number of anilines is 1. The Morgan fingerprint density at radius 2 is 1.74 bits per heavy atom. The number of ether oxygens (including phenoxy) is 1. The van der Waals surface area contributed by atoms with Gasteiger partial charge < -0.3 is 24.8 Å². The second-order valence-electron chi connectivity index (χ2n) is 12.3. The van der Waals surface area contributed by atoms with Gasteiger partial charge in [-0.25, -0.2) is 18.2 Å². The molecule has 0 aliphatic carbocycles. The SMILES string of the molecule is Cc1ccccc1S(=O)(=O)N(CCN(Cc1cncn1C)c1ccc(CN)cc1)CC1CCN(C(=O)OC(C)(C)C)CC1. The van der Waals surface area contributed by atoms with Gasteiger partial charge in [0.1, 0.15) is 5.60 Å². The van der Waals surface area contributed by atoms with Crippen LogP contribution < -0.4 is 10.6 Å². The number of aryl methyl sites for hydroxylation is 2. The van der Waals surface area contributed by atoms with Gasteiger partial charge >= 0.3 is 6.09 Å². The summed E-state index contributed by atoms with van der Waals surface area (Å²) >= 11 is 0. The first-order valence-corrected chi connectivity index (χ1v) is 16.3. The molecule has 1 aliphatic rings. The molecule has 43 heavy (non-hydrogen) atoms. The molecular weight excluding hydrogens is 564 g/mol. The third-order valence-electron chi connectivity index (χ3n) is 7.87. The number of carbonyl (C=O) groups is 1. The number of carbonyl (C=O) groups excluding carboxylic acids is 1. The average molecular weight is 611 g/mol. The first kappa shape index (κ1) is 32.5. The number of nitrogens with two attached hydrogens (primary N) is 1. The molecule has 3 aromatic rings. The maximum Gasteiger partial charge on any atom is 0.410 e. The second-order valence-corrected chi connectivity index (χ2v) is 14.2. The number of amides is 1. The van der Waals surface area contributed by atoms with E-state index in [-0.39, 0.29) is 12.0 Å². The summed E-state index contributed by atoms with van der Waals surface area (Å²) in [6.07, 6.45) is 4.70. The molecule has 4 rings (SSSR count). The van der Waals surface area contributed by atoms with E-state index in [1.807, 2.05) is 81.9 Å². The quantitative estimate of drug-likeness (QED) is 0.339. The lowest BCUT2D eigenvalue weighted by Crippen LogP contribution is -2.46. The number of piperidine rings is 1. The van der Waals surface area contributed by atoms with E-state index in [9.17, 15) is 13.2 Å². The fraction of sp³-hybridized carbons (Fsp3) is 0.500. The van der Waals surface area contributed by atoms with Crippen molar-refractivity contribution < 1.29 is 17.9 Å². The number of rotatable bonds is 11. The molecule has 0 unspecified atom stereocenters. The van der Waals surface area contributed by atoms with Crippen molar-refractivity contribution in [3.63, 3.8) is 0 Å². The zero-order chi connectivity index (χ0) is 31.2. The Morgan fingerprint density at radius 3 is 2.33 bits per heavy atom. The molecule has 1 saturated heterocycles. The summed E-state index contributed by atoms with van der Waals surface area (Å²) in [5, 5.41) is 0. The highest BCUT2D eigenvalue weighted by atomic mass is 32.2. The Hall–Kier alpha value is -3.41. The summed E-state index contributed by atoms with van der Waals surface area (Å²) in [4.78, 5) is 21.1. The van der Waals surface area contributed by atoms with E-state index in [0.29, 0.717) is 63.6 Å². The van der Waals surface area contributed by atoms with Crippen LogP contribution in [-0.2, 0) is 34.9 Å². The minimum absolute atomic E-state index is 0.117. The first-order chi connectivity index (χ1) is 20.4. The Bertz CT molecular complexity index is 1460. The van der Waals surface area contributed by atoms with Crippen LogP contribution in [0.4, 0.5) is 10.5 Å². The van der Waals surface area contributed by atoms with Gasteiger partial charge in [-0.3, -0.25) is 0 Å². The number of nitrogens with zero attached hydrogens (tertiary/aromatic N) is 5. The van der Waals surface area contributed by atoms with Gasteiger partial charge in [-0.1, -0.05) is 30.3 Å². The second kappa shape index (κ2) is 13.9. The fourth-order valence-electron chi connectivity index (χ4n) is 5.31. The van der Waals surface area contributed by atoms with Gasteiger partial charge in [-0.15, -0.1) is 0 Å². The summed E-state index contributed by atoms with van der Waals surface area (Å²) < 4.78 is 37.5. The summed E-state index contributed by atoms with van der Waals surface area (Å²) in [7, 11) is -1.82. The van der Waals surface area contributed by atoms with Crippen molar-refractivity contribution in [2.75, 3.05) is 37.6 Å². The predicted octanol–water partition coefficient (Wildman–Crippen LogP) is 4.53. The average Bonchev–Trinajstić information content (AvgIpc) is 3.37. The molecule has 0 saturated carbocycles. The topological polar surface area (TPSA) is 114 Å². The number of likely N-dealkylation sites (tertiary alicyclic amines) is 1. The molecule has 0 radical (unpaired) electrons. The van der Waals surface area contributed by atoms with Crippen molar-refractivity contribution in [1.29, 1.82) is 0 Å². The normalized spacial score (nSPS) is 14.7. The van der Waals surface area contributed by atoms with Crippen LogP contribution in [0.3, 0.4) is 0 Å². The van der Waals surface area contributed by atoms with Gasteiger partial charge in [0, 0.05) is 58.2 Å². The van der Waals surface area contributed by atoms with Gasteiger partial charge in [0.05, 0.1) is 23.5 Å². The summed E-state index contributed by atoms with van der Waals surface area (Å²) in [5.74, 6) is 0.117. The Labute approximate surface area is 256 Å². The Kier molecular flexibility index (Phi) is 10.5. The summed E-state index contributed by atoms with van der Waals surface area (Å²) in [6, 6.07) is 15.2. The van der Waals surface area contributed by atoms with Crippen LogP contribution in [0, 0.1) is 12.8 Å². The van der Waals surface area contributed by atoms with Gasteiger partial charge in [0.25, 0.3) is 0 Å². The molecule has 10 nitrogen and oxygen atoms in total. The van der Waals surface area contributed by atoms with E-state index >= 15 is 0 Å². The zero-order valence-corrected chi connectivity index (χ0v) is 26.9. The lowest BCUT2D eigenvalue weighted by Gasteiger charge is -2.36. The monoisotopic (exact) mass is 610 g/mol. The van der Waals surface area contributed by atoms with E-state index in [2.05, 4.69) is 9.88 Å². The van der Waals surface area contributed by atoms with Crippen LogP contribution in [0.25, 0.3) is 0 Å². The maximum atomic E-state index is 14.2. The summed E-state index contributed by atoms with van der Waals surface area (Å²) in [6.45, 7) is 10.7. The highest BCUT2D eigenvalue weighted by Gasteiger charge is 2.32. The molecule has 2 N–H and O–H groups in total. The highest BCUT2D eigenvalue weighted by molar-refractivity contribution is 7.89. The maximum absolute atomic E-state index is 14.2. The number of hydrogen-bond acceptors (Lipinski definition) is 7. The van der Waals surface area contributed by atoms with Crippen LogP contribution in [0.2, 0.25) is 0 Å². The number of aromatic nitrogens is 2. The molecule has 234 valence electrons. The molecular formula is C32H46N6O4S. The van der Waals surface area contributed by atoms with E-state index in [4.69, 9.17) is 10.5 Å². The molecule has 1 aliphatic heterocycles. The van der Waals surface area contributed by atoms with Crippen LogP contribution in [0.1, 0.15) is 50.4 Å². The largest absolute Gasteiger partial charge is 0.444 e. The first-order valence-electron chi connectivity index (χ1n) is 14.9. The lowest BCUT2D eigenvalue weighted by atomic mass is 9.97. The number of sulfonamides is 1. The number of imidazole rings is 1. The van der Waals surface area contributed by atoms with Crippen molar-refractivity contribution in [1.82, 2.24) is 18.8 Å². The Morgan fingerprint density at radius 1 is 1.07 bits per heavy atom. The third kappa shape index (κ3) is 8.58. The molecule has 2 heterocycles. The molecule has 1 amide bonds. The van der Waals surface area contributed by atoms with E-state index in [1.54, 1.807) is 27.7 Å². The lowest BCUT2D eigenvalue weighted by molar-refractivity contribution is 0.0178. The van der Waals surface area contributed by atoms with Crippen molar-refractivity contribution in [3.05, 3.63) is 77.9 Å². The zero-order valence-electron chi connectivity index (χ0n) is 26.1. The van der Waals surface area contributed by atoms with E-state index in [0.717, 1.165) is 22.5 Å². The Balaban J connectivity index is 1.55. The molecule has 0 spiro atoms. The fourth-order valence-corrected chi connectivity index (χ4v) is 7.05. The van der Waals surface area contributed by atoms with Gasteiger partial charge in [-0.2, -0.15) is 4.31 Å². The van der Waals surface area contributed by atoms with Crippen LogP contribution >= 0.6 is 0 Å². The van der Waals surface area contributed by atoms with Gasteiger partial charge in [-0.05, 0) is 75.8 Å². The van der Waals surface area contributed by atoms with Crippen molar-refractivity contribution in [3.8, 4) is 0 Å². The standard InChI is InChI=1S/C32H46N6O4S/c1-25-8-6-7-9-30(25)43(40,41)38(22-27-14-16-36(17-15-27)31(39)42-32(2,3)4)19-18-37(23-29-21-34-24-35(29)5)28-12-10-26(20-33)11-13-28/h6-13,21,24,27H,14-20,22-23,33H2,1-5H3. The molecule has 2 aromatic carbocycles. The molecule has 0 bridgehead atoms. The van der Waals surface area contributed by atoms with Crippen molar-refractivity contribution in [2.45, 2.75) is 64.1 Å². The number of hydrogen-bond donors (Lipinski definition) is 1. The minimum Gasteiger partial charge on any atom is -0.444 e. The summed E-state index contributed by atoms with van der Waals surface area (Å²) in [5.41, 5.74) is 9.03. The highest BCUT2D eigenvalue weighted by Crippen LogP contribution is 2.26. The molecule has 1 fully saturated rings. The van der Waals surface area contributed by atoms with Crippen LogP contribution in [0.15, 0.2) is 66.0 Å². The van der Waals surface area contributed by atoms with Crippen LogP contribution in [-0.4, -0.2) is 71.6 Å². The molecule has 1 aromatic heterocycles.